The highest BCUT2D eigenvalue weighted by Crippen LogP contribution is 2.23. The zero-order valence-corrected chi connectivity index (χ0v) is 9.36. The number of halogens is 1. The molecule has 0 amide bonds. The number of rotatable bonds is 2. The van der Waals surface area contributed by atoms with Crippen molar-refractivity contribution in [3.8, 4) is 0 Å². The number of aromatic nitrogens is 1. The molecule has 0 aliphatic carbocycles. The Bertz CT molecular complexity index is 561. The van der Waals surface area contributed by atoms with Gasteiger partial charge in [0.15, 0.2) is 0 Å². The van der Waals surface area contributed by atoms with E-state index in [0.717, 1.165) is 10.2 Å². The monoisotopic (exact) mass is 247 g/mol. The first-order valence-electron chi connectivity index (χ1n) is 3.80. The summed E-state index contributed by atoms with van der Waals surface area (Å²) in [5, 5.41) is 0. The molecule has 1 heterocycles. The standard InChI is InChI=1S/C8H6ClNO2S2/c9-14(11,12)4-6-2-1-3-7-8(6)10-5-13-7/h1-3,5H,4H2. The second kappa shape index (κ2) is 3.49. The van der Waals surface area contributed by atoms with Gasteiger partial charge < -0.3 is 0 Å². The highest BCUT2D eigenvalue weighted by atomic mass is 35.7. The number of fused-ring (bicyclic) bond motifs is 1. The van der Waals surface area contributed by atoms with Crippen LogP contribution in [0.2, 0.25) is 0 Å². The van der Waals surface area contributed by atoms with Crippen LogP contribution in [0.25, 0.3) is 10.2 Å². The third-order valence-corrected chi connectivity index (χ3v) is 3.55. The lowest BCUT2D eigenvalue weighted by Crippen LogP contribution is -1.95. The van der Waals surface area contributed by atoms with Gasteiger partial charge in [-0.3, -0.25) is 0 Å². The Morgan fingerprint density at radius 3 is 2.93 bits per heavy atom. The lowest BCUT2D eigenvalue weighted by molar-refractivity contribution is 0.609. The van der Waals surface area contributed by atoms with E-state index >= 15 is 0 Å². The van der Waals surface area contributed by atoms with Crippen molar-refractivity contribution >= 4 is 41.3 Å². The Balaban J connectivity index is 2.57. The Hall–Kier alpha value is -0.650. The molecule has 3 nitrogen and oxygen atoms in total. The fourth-order valence-corrected chi connectivity index (χ4v) is 2.93. The number of benzene rings is 1. The van der Waals surface area contributed by atoms with Gasteiger partial charge in [0.2, 0.25) is 9.05 Å². The van der Waals surface area contributed by atoms with E-state index in [1.165, 1.54) is 11.3 Å². The molecule has 0 bridgehead atoms. The van der Waals surface area contributed by atoms with E-state index in [9.17, 15) is 8.42 Å². The van der Waals surface area contributed by atoms with Crippen LogP contribution in [-0.4, -0.2) is 13.4 Å². The molecule has 0 aliphatic heterocycles. The molecule has 74 valence electrons. The average Bonchev–Trinajstić information content (AvgIpc) is 2.49. The van der Waals surface area contributed by atoms with Crippen molar-refractivity contribution in [2.75, 3.05) is 0 Å². The molecule has 0 aliphatic rings. The van der Waals surface area contributed by atoms with Gasteiger partial charge in [-0.1, -0.05) is 12.1 Å². The predicted octanol–water partition coefficient (Wildman–Crippen LogP) is 2.36. The molecule has 0 spiro atoms. The summed E-state index contributed by atoms with van der Waals surface area (Å²) in [5.74, 6) is -0.171. The van der Waals surface area contributed by atoms with Crippen LogP contribution < -0.4 is 0 Å². The summed E-state index contributed by atoms with van der Waals surface area (Å²) in [6.07, 6.45) is 0. The molecule has 0 atom stereocenters. The molecule has 1 aromatic heterocycles. The third kappa shape index (κ3) is 2.05. The van der Waals surface area contributed by atoms with E-state index in [0.29, 0.717) is 5.56 Å². The zero-order valence-electron chi connectivity index (χ0n) is 6.97. The maximum atomic E-state index is 10.9. The van der Waals surface area contributed by atoms with Gasteiger partial charge >= 0.3 is 0 Å². The number of hydrogen-bond acceptors (Lipinski definition) is 4. The van der Waals surface area contributed by atoms with Gasteiger partial charge in [-0.05, 0) is 11.6 Å². The van der Waals surface area contributed by atoms with Crippen molar-refractivity contribution in [1.29, 1.82) is 0 Å². The molecule has 2 rings (SSSR count). The van der Waals surface area contributed by atoms with E-state index in [2.05, 4.69) is 4.98 Å². The van der Waals surface area contributed by atoms with E-state index in [1.807, 2.05) is 6.07 Å². The van der Waals surface area contributed by atoms with Crippen molar-refractivity contribution in [2.24, 2.45) is 0 Å². The molecular weight excluding hydrogens is 242 g/mol. The van der Waals surface area contributed by atoms with Crippen LogP contribution in [0.3, 0.4) is 0 Å². The summed E-state index contributed by atoms with van der Waals surface area (Å²) >= 11 is 1.48. The Kier molecular flexibility index (Phi) is 2.47. The maximum absolute atomic E-state index is 10.9. The van der Waals surface area contributed by atoms with Crippen LogP contribution >= 0.6 is 22.0 Å². The largest absolute Gasteiger partial charge is 0.244 e. The van der Waals surface area contributed by atoms with Gasteiger partial charge in [0, 0.05) is 10.7 Å². The smallest absolute Gasteiger partial charge is 0.236 e. The summed E-state index contributed by atoms with van der Waals surface area (Å²) in [5.41, 5.74) is 3.06. The van der Waals surface area contributed by atoms with E-state index in [-0.39, 0.29) is 5.75 Å². The minimum absolute atomic E-state index is 0.171. The van der Waals surface area contributed by atoms with Gasteiger partial charge in [0.1, 0.15) is 0 Å². The molecule has 0 fully saturated rings. The first-order chi connectivity index (χ1) is 6.56. The fourth-order valence-electron chi connectivity index (χ4n) is 1.25. The predicted molar refractivity (Wildman–Crippen MR) is 58.1 cm³/mol. The molecular formula is C8H6ClNO2S2. The van der Waals surface area contributed by atoms with E-state index in [1.54, 1.807) is 17.6 Å². The van der Waals surface area contributed by atoms with Crippen LogP contribution in [0.15, 0.2) is 23.7 Å². The molecule has 0 saturated heterocycles. The van der Waals surface area contributed by atoms with Gasteiger partial charge in [-0.2, -0.15) is 0 Å². The summed E-state index contributed by atoms with van der Waals surface area (Å²) in [4.78, 5) is 4.10. The summed E-state index contributed by atoms with van der Waals surface area (Å²) in [7, 11) is 1.67. The van der Waals surface area contributed by atoms with Gasteiger partial charge in [0.25, 0.3) is 0 Å². The van der Waals surface area contributed by atoms with Crippen molar-refractivity contribution in [1.82, 2.24) is 4.98 Å². The summed E-state index contributed by atoms with van der Waals surface area (Å²) in [6.45, 7) is 0. The summed E-state index contributed by atoms with van der Waals surface area (Å²) in [6, 6.07) is 5.43. The van der Waals surface area contributed by atoms with Crippen molar-refractivity contribution < 1.29 is 8.42 Å². The second-order valence-electron chi connectivity index (χ2n) is 2.80. The van der Waals surface area contributed by atoms with Gasteiger partial charge in [-0.25, -0.2) is 13.4 Å². The summed E-state index contributed by atoms with van der Waals surface area (Å²) < 4.78 is 22.8. The normalized spacial score (nSPS) is 12.1. The third-order valence-electron chi connectivity index (χ3n) is 1.77. The zero-order chi connectivity index (χ0) is 10.2. The number of hydrogen-bond donors (Lipinski definition) is 0. The Labute approximate surface area is 89.8 Å². The van der Waals surface area contributed by atoms with Gasteiger partial charge in [0.05, 0.1) is 21.5 Å². The van der Waals surface area contributed by atoms with Crippen LogP contribution in [0.4, 0.5) is 0 Å². The molecule has 0 saturated carbocycles. The number of thiazole rings is 1. The average molecular weight is 248 g/mol. The molecule has 6 heteroatoms. The van der Waals surface area contributed by atoms with Gasteiger partial charge in [-0.15, -0.1) is 11.3 Å². The second-order valence-corrected chi connectivity index (χ2v) is 6.46. The minimum Gasteiger partial charge on any atom is -0.244 e. The Morgan fingerprint density at radius 1 is 1.43 bits per heavy atom. The number of nitrogens with zero attached hydrogens (tertiary/aromatic N) is 1. The highest BCUT2D eigenvalue weighted by molar-refractivity contribution is 8.13. The Morgan fingerprint density at radius 2 is 2.21 bits per heavy atom. The molecule has 0 unspecified atom stereocenters. The number of para-hydroxylation sites is 1. The first-order valence-corrected chi connectivity index (χ1v) is 7.15. The van der Waals surface area contributed by atoms with Crippen molar-refractivity contribution in [3.63, 3.8) is 0 Å². The topological polar surface area (TPSA) is 47.0 Å². The van der Waals surface area contributed by atoms with E-state index < -0.39 is 9.05 Å². The molecule has 1 aromatic carbocycles. The van der Waals surface area contributed by atoms with Crippen LogP contribution in [0, 0.1) is 0 Å². The lowest BCUT2D eigenvalue weighted by Gasteiger charge is -1.98. The molecule has 0 radical (unpaired) electrons. The first kappa shape index (κ1) is 9.89. The fraction of sp³-hybridized carbons (Fsp3) is 0.125. The van der Waals surface area contributed by atoms with Crippen LogP contribution in [0.5, 0.6) is 0 Å². The van der Waals surface area contributed by atoms with Crippen LogP contribution in [0.1, 0.15) is 5.56 Å². The minimum atomic E-state index is -3.51. The van der Waals surface area contributed by atoms with Crippen LogP contribution in [-0.2, 0) is 14.8 Å². The maximum Gasteiger partial charge on any atom is 0.236 e. The SMILES string of the molecule is O=S(=O)(Cl)Cc1cccc2scnc12. The molecule has 0 N–H and O–H groups in total. The molecule has 2 aromatic rings. The van der Waals surface area contributed by atoms with Crippen molar-refractivity contribution in [3.05, 3.63) is 29.3 Å². The van der Waals surface area contributed by atoms with Crippen molar-refractivity contribution in [2.45, 2.75) is 5.75 Å². The van der Waals surface area contributed by atoms with E-state index in [4.69, 9.17) is 10.7 Å². The lowest BCUT2D eigenvalue weighted by atomic mass is 10.2. The highest BCUT2D eigenvalue weighted by Gasteiger charge is 2.11. The quantitative estimate of drug-likeness (QED) is 0.766. The molecule has 14 heavy (non-hydrogen) atoms.